The summed E-state index contributed by atoms with van der Waals surface area (Å²) in [6.45, 7) is 2.20. The topological polar surface area (TPSA) is 76.3 Å². The largest absolute Gasteiger partial charge is 0.471 e. The van der Waals surface area contributed by atoms with Crippen molar-refractivity contribution in [2.75, 3.05) is 6.54 Å². The molecule has 0 unspecified atom stereocenters. The second kappa shape index (κ2) is 7.61. The summed E-state index contributed by atoms with van der Waals surface area (Å²) in [6.07, 6.45) is -4.71. The summed E-state index contributed by atoms with van der Waals surface area (Å²) in [5.41, 5.74) is 0. The highest BCUT2D eigenvalue weighted by Gasteiger charge is 2.38. The monoisotopic (exact) mass is 415 g/mol. The lowest BCUT2D eigenvalue weighted by molar-refractivity contribution is -0.159. The Labute approximate surface area is 159 Å². The summed E-state index contributed by atoms with van der Waals surface area (Å²) in [7, 11) is 0. The number of hydrogen-bond acceptors (Lipinski definition) is 7. The van der Waals surface area contributed by atoms with Gasteiger partial charge in [0.15, 0.2) is 0 Å². The highest BCUT2D eigenvalue weighted by molar-refractivity contribution is 7.15. The molecule has 0 saturated carbocycles. The van der Waals surface area contributed by atoms with E-state index < -0.39 is 23.8 Å². The van der Waals surface area contributed by atoms with Crippen LogP contribution in [0.1, 0.15) is 27.4 Å². The second-order valence-electron chi connectivity index (χ2n) is 5.31. The van der Waals surface area contributed by atoms with Gasteiger partial charge in [0.2, 0.25) is 5.82 Å². The Bertz CT molecular complexity index is 948. The number of carbonyl (C=O) groups excluding carboxylic acids is 2. The fourth-order valence-corrected chi connectivity index (χ4v) is 3.80. The van der Waals surface area contributed by atoms with E-state index in [4.69, 9.17) is 0 Å². The van der Waals surface area contributed by atoms with Crippen molar-refractivity contribution in [3.8, 4) is 10.7 Å². The van der Waals surface area contributed by atoms with Crippen molar-refractivity contribution >= 4 is 34.4 Å². The number of thiophene rings is 2. The first-order valence-electron chi connectivity index (χ1n) is 7.66. The number of aromatic nitrogens is 2. The van der Waals surface area contributed by atoms with E-state index in [0.29, 0.717) is 21.2 Å². The average Bonchev–Trinajstić information content (AvgIpc) is 3.38. The minimum Gasteiger partial charge on any atom is -0.331 e. The summed E-state index contributed by atoms with van der Waals surface area (Å²) in [5, 5.41) is 5.04. The van der Waals surface area contributed by atoms with Crippen molar-refractivity contribution in [3.63, 3.8) is 0 Å². The number of ketones is 1. The number of halogens is 3. The molecule has 11 heteroatoms. The number of alkyl halides is 3. The van der Waals surface area contributed by atoms with Crippen LogP contribution in [-0.2, 0) is 17.5 Å². The Kier molecular flexibility index (Phi) is 5.42. The van der Waals surface area contributed by atoms with Crippen molar-refractivity contribution in [3.05, 3.63) is 45.3 Å². The quantitative estimate of drug-likeness (QED) is 0.447. The third kappa shape index (κ3) is 4.25. The summed E-state index contributed by atoms with van der Waals surface area (Å²) >= 11 is 2.31. The van der Waals surface area contributed by atoms with Gasteiger partial charge in [0.1, 0.15) is 0 Å². The van der Waals surface area contributed by atoms with Gasteiger partial charge in [0.25, 0.3) is 11.7 Å². The molecule has 3 aromatic heterocycles. The zero-order chi connectivity index (χ0) is 19.6. The predicted octanol–water partition coefficient (Wildman–Crippen LogP) is 4.11. The summed E-state index contributed by atoms with van der Waals surface area (Å²) in [4.78, 5) is 30.7. The Hall–Kier alpha value is -2.53. The van der Waals surface area contributed by atoms with Gasteiger partial charge in [0.05, 0.1) is 16.3 Å². The van der Waals surface area contributed by atoms with Gasteiger partial charge in [-0.2, -0.15) is 18.2 Å². The molecule has 0 spiro atoms. The van der Waals surface area contributed by atoms with E-state index in [9.17, 15) is 22.8 Å². The van der Waals surface area contributed by atoms with Crippen molar-refractivity contribution < 1.29 is 27.3 Å². The lowest BCUT2D eigenvalue weighted by Crippen LogP contribution is -2.35. The molecule has 0 aromatic carbocycles. The van der Waals surface area contributed by atoms with E-state index in [0.717, 1.165) is 11.3 Å². The molecule has 0 aliphatic rings. The molecular weight excluding hydrogens is 403 g/mol. The molecule has 0 fully saturated rings. The predicted molar refractivity (Wildman–Crippen MR) is 92.4 cm³/mol. The molecule has 3 heterocycles. The molecule has 0 aliphatic heterocycles. The molecule has 6 nitrogen and oxygen atoms in total. The highest BCUT2D eigenvalue weighted by atomic mass is 32.1. The first kappa shape index (κ1) is 19.2. The maximum Gasteiger partial charge on any atom is 0.471 e. The molecule has 0 radical (unpaired) electrons. The van der Waals surface area contributed by atoms with Gasteiger partial charge >= 0.3 is 12.1 Å². The minimum absolute atomic E-state index is 0.154. The number of amides is 1. The van der Waals surface area contributed by atoms with Crippen LogP contribution >= 0.6 is 22.7 Å². The molecule has 3 aromatic rings. The van der Waals surface area contributed by atoms with Crippen LogP contribution in [0.2, 0.25) is 0 Å². The average molecular weight is 415 g/mol. The number of Topliss-reactive ketones (excluding diaryl/α,β-unsaturated/α-hetero) is 1. The molecule has 0 atom stereocenters. The number of hydrogen-bond donors (Lipinski definition) is 0. The van der Waals surface area contributed by atoms with E-state index in [1.807, 2.05) is 0 Å². The fraction of sp³-hybridized carbons (Fsp3) is 0.250. The molecule has 0 bridgehead atoms. The number of rotatable bonds is 6. The first-order chi connectivity index (χ1) is 12.8. The molecule has 3 rings (SSSR count). The van der Waals surface area contributed by atoms with Gasteiger partial charge in [-0.15, -0.1) is 22.7 Å². The van der Waals surface area contributed by atoms with E-state index in [1.165, 1.54) is 16.2 Å². The molecule has 0 N–H and O–H groups in total. The molecule has 27 heavy (non-hydrogen) atoms. The van der Waals surface area contributed by atoms with E-state index in [-0.39, 0.29) is 12.4 Å². The Morgan fingerprint density at radius 3 is 2.63 bits per heavy atom. The molecule has 142 valence electrons. The third-order valence-electron chi connectivity index (χ3n) is 3.51. The van der Waals surface area contributed by atoms with Crippen LogP contribution < -0.4 is 0 Å². The summed E-state index contributed by atoms with van der Waals surface area (Å²) in [6, 6.07) is 6.46. The van der Waals surface area contributed by atoms with Crippen LogP contribution in [0, 0.1) is 0 Å². The maximum absolute atomic E-state index is 12.6. The first-order valence-corrected chi connectivity index (χ1v) is 9.36. The van der Waals surface area contributed by atoms with Crippen LogP contribution in [0.5, 0.6) is 0 Å². The number of likely N-dealkylation sites (N-methyl/N-ethyl adjacent to an activating group) is 1. The van der Waals surface area contributed by atoms with Gasteiger partial charge in [-0.1, -0.05) is 11.2 Å². The molecule has 0 saturated heterocycles. The van der Waals surface area contributed by atoms with Crippen LogP contribution in [0.25, 0.3) is 10.7 Å². The maximum atomic E-state index is 12.6. The molecule has 0 aliphatic carbocycles. The van der Waals surface area contributed by atoms with E-state index in [2.05, 4.69) is 14.7 Å². The van der Waals surface area contributed by atoms with Crippen molar-refractivity contribution in [1.29, 1.82) is 0 Å². The van der Waals surface area contributed by atoms with Crippen LogP contribution in [-0.4, -0.2) is 33.3 Å². The highest BCUT2D eigenvalue weighted by Crippen LogP contribution is 2.32. The lowest BCUT2D eigenvalue weighted by atomic mass is 10.2. The van der Waals surface area contributed by atoms with E-state index >= 15 is 0 Å². The van der Waals surface area contributed by atoms with E-state index in [1.54, 1.807) is 36.6 Å². The Balaban J connectivity index is 1.73. The fourth-order valence-electron chi connectivity index (χ4n) is 2.19. The van der Waals surface area contributed by atoms with Crippen LogP contribution in [0.15, 0.2) is 34.2 Å². The normalized spacial score (nSPS) is 11.6. The summed E-state index contributed by atoms with van der Waals surface area (Å²) < 4.78 is 41.9. The number of carbonyl (C=O) groups is 2. The van der Waals surface area contributed by atoms with Crippen molar-refractivity contribution in [2.24, 2.45) is 0 Å². The van der Waals surface area contributed by atoms with Gasteiger partial charge < -0.3 is 9.42 Å². The Morgan fingerprint density at radius 1 is 1.26 bits per heavy atom. The molecular formula is C16H12F3N3O3S2. The van der Waals surface area contributed by atoms with Gasteiger partial charge in [-0.3, -0.25) is 9.59 Å². The van der Waals surface area contributed by atoms with Gasteiger partial charge in [0, 0.05) is 11.4 Å². The van der Waals surface area contributed by atoms with Crippen LogP contribution in [0.4, 0.5) is 13.2 Å². The zero-order valence-electron chi connectivity index (χ0n) is 13.8. The second-order valence-corrected chi connectivity index (χ2v) is 7.43. The standard InChI is InChI=1S/C16H12F3N3O3S2/c1-2-22(14(24)12(23)10-4-3-7-26-10)8-9-5-6-11(27-9)13-20-15(25-21-13)16(17,18)19/h3-7H,2,8H2,1H3. The van der Waals surface area contributed by atoms with Crippen LogP contribution in [0.3, 0.4) is 0 Å². The smallest absolute Gasteiger partial charge is 0.331 e. The summed E-state index contributed by atoms with van der Waals surface area (Å²) in [5.74, 6) is -2.81. The van der Waals surface area contributed by atoms with Gasteiger partial charge in [-0.05, 0) is 30.5 Å². The molecule has 1 amide bonds. The minimum atomic E-state index is -4.71. The zero-order valence-corrected chi connectivity index (χ0v) is 15.5. The van der Waals surface area contributed by atoms with Crippen molar-refractivity contribution in [2.45, 2.75) is 19.6 Å². The third-order valence-corrected chi connectivity index (χ3v) is 5.44. The number of nitrogens with zero attached hydrogens (tertiary/aromatic N) is 3. The van der Waals surface area contributed by atoms with Gasteiger partial charge in [-0.25, -0.2) is 0 Å². The SMILES string of the molecule is CCN(Cc1ccc(-c2noc(C(F)(F)F)n2)s1)C(=O)C(=O)c1cccs1. The Morgan fingerprint density at radius 2 is 2.04 bits per heavy atom. The van der Waals surface area contributed by atoms with Crippen molar-refractivity contribution in [1.82, 2.24) is 15.0 Å². The lowest BCUT2D eigenvalue weighted by Gasteiger charge is -2.18.